The van der Waals surface area contributed by atoms with Crippen LogP contribution < -0.4 is 5.73 Å². The maximum atomic E-state index is 9.00. The quantitative estimate of drug-likeness (QED) is 0.626. The van der Waals surface area contributed by atoms with Gasteiger partial charge >= 0.3 is 0 Å². The predicted molar refractivity (Wildman–Crippen MR) is 71.6 cm³/mol. The minimum absolute atomic E-state index is 0.0327. The molecule has 0 saturated heterocycles. The van der Waals surface area contributed by atoms with Gasteiger partial charge in [0, 0.05) is 16.2 Å². The van der Waals surface area contributed by atoms with Crippen molar-refractivity contribution < 1.29 is 5.11 Å². The van der Waals surface area contributed by atoms with Gasteiger partial charge in [-0.1, -0.05) is 0 Å². The van der Waals surface area contributed by atoms with Crippen LogP contribution in [0.2, 0.25) is 0 Å². The van der Waals surface area contributed by atoms with E-state index in [9.17, 15) is 0 Å². The molecule has 0 spiro atoms. The molecule has 0 saturated carbocycles. The molecule has 0 bridgehead atoms. The van der Waals surface area contributed by atoms with Crippen LogP contribution in [0.3, 0.4) is 0 Å². The third kappa shape index (κ3) is 4.82. The highest BCUT2D eigenvalue weighted by Gasteiger charge is 2.15. The fraction of sp³-hybridized carbons (Fsp3) is 0.545. The van der Waals surface area contributed by atoms with Crippen LogP contribution >= 0.6 is 27.7 Å². The number of nitrogens with two attached hydrogens (primary N) is 1. The van der Waals surface area contributed by atoms with Gasteiger partial charge in [0.25, 0.3) is 0 Å². The van der Waals surface area contributed by atoms with Crippen molar-refractivity contribution in [3.63, 3.8) is 0 Å². The Balaban J connectivity index is 2.29. The van der Waals surface area contributed by atoms with Crippen molar-refractivity contribution in [2.24, 2.45) is 5.73 Å². The third-order valence-electron chi connectivity index (χ3n) is 2.22. The van der Waals surface area contributed by atoms with Crippen molar-refractivity contribution in [2.45, 2.75) is 30.3 Å². The number of halogens is 1. The van der Waals surface area contributed by atoms with E-state index in [4.69, 9.17) is 10.8 Å². The molecule has 1 aromatic rings. The standard InChI is InChI=1S/C11H17BrN2OS/c1-11(13,8-15)5-3-7-16-10-9(12)4-2-6-14-10/h2,4,6,15H,3,5,7-8,13H2,1H3. The van der Waals surface area contributed by atoms with E-state index >= 15 is 0 Å². The van der Waals surface area contributed by atoms with Crippen LogP contribution in [-0.2, 0) is 0 Å². The van der Waals surface area contributed by atoms with Crippen molar-refractivity contribution in [2.75, 3.05) is 12.4 Å². The van der Waals surface area contributed by atoms with Gasteiger partial charge in [-0.3, -0.25) is 0 Å². The van der Waals surface area contributed by atoms with E-state index in [2.05, 4.69) is 20.9 Å². The van der Waals surface area contributed by atoms with Crippen LogP contribution in [0.5, 0.6) is 0 Å². The molecule has 1 unspecified atom stereocenters. The molecular weight excluding hydrogens is 288 g/mol. The van der Waals surface area contributed by atoms with Gasteiger partial charge in [0.15, 0.2) is 0 Å². The maximum Gasteiger partial charge on any atom is 0.110 e. The average molecular weight is 305 g/mol. The number of hydrogen-bond donors (Lipinski definition) is 2. The van der Waals surface area contributed by atoms with Gasteiger partial charge in [-0.2, -0.15) is 0 Å². The summed E-state index contributed by atoms with van der Waals surface area (Å²) in [4.78, 5) is 4.27. The van der Waals surface area contributed by atoms with E-state index in [0.29, 0.717) is 0 Å². The van der Waals surface area contributed by atoms with Crippen LogP contribution in [0, 0.1) is 0 Å². The van der Waals surface area contributed by atoms with Crippen molar-refractivity contribution in [3.8, 4) is 0 Å². The average Bonchev–Trinajstić information content (AvgIpc) is 2.27. The molecule has 3 N–H and O–H groups in total. The van der Waals surface area contributed by atoms with Crippen LogP contribution in [0.15, 0.2) is 27.8 Å². The van der Waals surface area contributed by atoms with Crippen LogP contribution in [-0.4, -0.2) is 28.0 Å². The largest absolute Gasteiger partial charge is 0.394 e. The van der Waals surface area contributed by atoms with Crippen LogP contribution in [0.1, 0.15) is 19.8 Å². The van der Waals surface area contributed by atoms with E-state index in [1.807, 2.05) is 19.1 Å². The van der Waals surface area contributed by atoms with E-state index in [0.717, 1.165) is 28.1 Å². The van der Waals surface area contributed by atoms with Crippen molar-refractivity contribution in [1.29, 1.82) is 0 Å². The number of nitrogens with zero attached hydrogens (tertiary/aromatic N) is 1. The van der Waals surface area contributed by atoms with Gasteiger partial charge in [-0.05, 0) is 53.6 Å². The van der Waals surface area contributed by atoms with E-state index < -0.39 is 5.54 Å². The molecule has 0 amide bonds. The molecular formula is C11H17BrN2OS. The molecule has 1 atom stereocenters. The van der Waals surface area contributed by atoms with Crippen LogP contribution in [0.25, 0.3) is 0 Å². The number of pyridine rings is 1. The van der Waals surface area contributed by atoms with Gasteiger partial charge in [0.1, 0.15) is 5.03 Å². The number of aliphatic hydroxyl groups is 1. The fourth-order valence-electron chi connectivity index (χ4n) is 1.20. The number of thioether (sulfide) groups is 1. The van der Waals surface area contributed by atoms with Gasteiger partial charge in [-0.25, -0.2) is 4.98 Å². The molecule has 0 aliphatic rings. The fourth-order valence-corrected chi connectivity index (χ4v) is 2.62. The highest BCUT2D eigenvalue weighted by atomic mass is 79.9. The zero-order valence-corrected chi connectivity index (χ0v) is 11.7. The van der Waals surface area contributed by atoms with E-state index in [-0.39, 0.29) is 6.61 Å². The van der Waals surface area contributed by atoms with E-state index in [1.54, 1.807) is 18.0 Å². The lowest BCUT2D eigenvalue weighted by Gasteiger charge is -2.20. The summed E-state index contributed by atoms with van der Waals surface area (Å²) in [5.41, 5.74) is 5.38. The Morgan fingerprint density at radius 2 is 2.38 bits per heavy atom. The lowest BCUT2D eigenvalue weighted by Crippen LogP contribution is -2.40. The Labute approximate surface area is 109 Å². The van der Waals surface area contributed by atoms with Crippen molar-refractivity contribution in [1.82, 2.24) is 4.98 Å². The molecule has 5 heteroatoms. The van der Waals surface area contributed by atoms with Crippen molar-refractivity contribution >= 4 is 27.7 Å². The molecule has 0 aliphatic heterocycles. The second-order valence-corrected chi connectivity index (χ2v) is 5.99. The number of rotatable bonds is 6. The highest BCUT2D eigenvalue weighted by Crippen LogP contribution is 2.25. The Morgan fingerprint density at radius 1 is 1.62 bits per heavy atom. The second-order valence-electron chi connectivity index (χ2n) is 4.05. The molecule has 1 rings (SSSR count). The van der Waals surface area contributed by atoms with Gasteiger partial charge < -0.3 is 10.8 Å². The molecule has 90 valence electrons. The molecule has 0 aliphatic carbocycles. The third-order valence-corrected chi connectivity index (χ3v) is 4.21. The summed E-state index contributed by atoms with van der Waals surface area (Å²) in [7, 11) is 0. The smallest absolute Gasteiger partial charge is 0.110 e. The number of hydrogen-bond acceptors (Lipinski definition) is 4. The van der Waals surface area contributed by atoms with Crippen LogP contribution in [0.4, 0.5) is 0 Å². The molecule has 3 nitrogen and oxygen atoms in total. The Bertz CT molecular complexity index is 334. The zero-order valence-electron chi connectivity index (χ0n) is 9.32. The van der Waals surface area contributed by atoms with Crippen molar-refractivity contribution in [3.05, 3.63) is 22.8 Å². The first kappa shape index (κ1) is 14.0. The van der Waals surface area contributed by atoms with E-state index in [1.165, 1.54) is 0 Å². The van der Waals surface area contributed by atoms with Gasteiger partial charge in [0.05, 0.1) is 6.61 Å². The molecule has 0 radical (unpaired) electrons. The Kier molecular flexibility index (Phi) is 5.75. The predicted octanol–water partition coefficient (Wildman–Crippen LogP) is 2.43. The first-order valence-corrected chi connectivity index (χ1v) is 6.96. The highest BCUT2D eigenvalue weighted by molar-refractivity contribution is 9.10. The monoisotopic (exact) mass is 304 g/mol. The summed E-state index contributed by atoms with van der Waals surface area (Å²) in [6.07, 6.45) is 3.58. The molecule has 0 fully saturated rings. The summed E-state index contributed by atoms with van der Waals surface area (Å²) < 4.78 is 1.03. The summed E-state index contributed by atoms with van der Waals surface area (Å²) in [6, 6.07) is 3.88. The Morgan fingerprint density at radius 3 is 3.00 bits per heavy atom. The lowest BCUT2D eigenvalue weighted by atomic mass is 9.99. The number of aliphatic hydroxyl groups excluding tert-OH is 1. The summed E-state index contributed by atoms with van der Waals surface area (Å²) in [5.74, 6) is 0.961. The maximum absolute atomic E-state index is 9.00. The molecule has 0 aromatic carbocycles. The normalized spacial score (nSPS) is 14.8. The molecule has 16 heavy (non-hydrogen) atoms. The summed E-state index contributed by atoms with van der Waals surface area (Å²) in [6.45, 7) is 1.90. The first-order valence-electron chi connectivity index (χ1n) is 5.18. The first-order chi connectivity index (χ1) is 7.55. The summed E-state index contributed by atoms with van der Waals surface area (Å²) in [5, 5.41) is 10.0. The second kappa shape index (κ2) is 6.59. The minimum Gasteiger partial charge on any atom is -0.394 e. The number of aromatic nitrogens is 1. The minimum atomic E-state index is -0.456. The lowest BCUT2D eigenvalue weighted by molar-refractivity contribution is 0.200. The summed E-state index contributed by atoms with van der Waals surface area (Å²) >= 11 is 5.16. The Hall–Kier alpha value is -0.100. The molecule has 1 heterocycles. The van der Waals surface area contributed by atoms with Gasteiger partial charge in [0.2, 0.25) is 0 Å². The topological polar surface area (TPSA) is 59.1 Å². The molecule has 1 aromatic heterocycles. The van der Waals surface area contributed by atoms with Gasteiger partial charge in [-0.15, -0.1) is 11.8 Å². The zero-order chi connectivity index (χ0) is 12.0. The SMILES string of the molecule is CC(N)(CO)CCCSc1ncccc1Br.